The molecule has 0 aliphatic carbocycles. The number of aryl methyl sites for hydroxylation is 2. The summed E-state index contributed by atoms with van der Waals surface area (Å²) in [5, 5.41) is 3.96. The highest BCUT2D eigenvalue weighted by Gasteiger charge is 2.12. The number of hydrogen-bond acceptors (Lipinski definition) is 5. The molecule has 0 aliphatic heterocycles. The first kappa shape index (κ1) is 11.7. The molecule has 0 spiro atoms. The molecule has 17 heavy (non-hydrogen) atoms. The number of nitrogens with zero attached hydrogens (tertiary/aromatic N) is 3. The summed E-state index contributed by atoms with van der Waals surface area (Å²) in [7, 11) is 0. The van der Waals surface area contributed by atoms with Crippen molar-refractivity contribution in [2.75, 3.05) is 6.54 Å². The highest BCUT2D eigenvalue weighted by atomic mass is 16.5. The Balaban J connectivity index is 2.24. The fourth-order valence-corrected chi connectivity index (χ4v) is 1.63. The topological polar surface area (TPSA) is 77.8 Å². The highest BCUT2D eigenvalue weighted by molar-refractivity contribution is 5.53. The van der Waals surface area contributed by atoms with E-state index >= 15 is 0 Å². The van der Waals surface area contributed by atoms with E-state index in [4.69, 9.17) is 10.3 Å². The lowest BCUT2D eigenvalue weighted by Gasteiger charge is -2.00. The van der Waals surface area contributed by atoms with Crippen LogP contribution in [0.3, 0.4) is 0 Å². The molecule has 0 fully saturated rings. The van der Waals surface area contributed by atoms with Crippen molar-refractivity contribution in [3.63, 3.8) is 0 Å². The second kappa shape index (κ2) is 5.54. The van der Waals surface area contributed by atoms with Gasteiger partial charge < -0.3 is 10.3 Å². The SMILES string of the molecule is CCc1cccnc1-c1noc(CCCN)n1. The van der Waals surface area contributed by atoms with Gasteiger partial charge in [0.15, 0.2) is 0 Å². The summed E-state index contributed by atoms with van der Waals surface area (Å²) in [5.74, 6) is 1.19. The summed E-state index contributed by atoms with van der Waals surface area (Å²) in [6.07, 6.45) is 4.21. The fourth-order valence-electron chi connectivity index (χ4n) is 1.63. The first-order chi connectivity index (χ1) is 8.35. The molecule has 0 saturated heterocycles. The van der Waals surface area contributed by atoms with Gasteiger partial charge in [0.05, 0.1) is 0 Å². The third-order valence-corrected chi connectivity index (χ3v) is 2.55. The minimum absolute atomic E-state index is 0.564. The molecule has 90 valence electrons. The van der Waals surface area contributed by atoms with Gasteiger partial charge in [-0.25, -0.2) is 0 Å². The first-order valence-electron chi connectivity index (χ1n) is 5.82. The van der Waals surface area contributed by atoms with Crippen molar-refractivity contribution in [1.82, 2.24) is 15.1 Å². The molecule has 2 heterocycles. The second-order valence-electron chi connectivity index (χ2n) is 3.77. The van der Waals surface area contributed by atoms with Gasteiger partial charge in [-0.2, -0.15) is 4.98 Å². The van der Waals surface area contributed by atoms with Crippen LogP contribution in [-0.2, 0) is 12.8 Å². The van der Waals surface area contributed by atoms with Gasteiger partial charge in [-0.15, -0.1) is 0 Å². The Kier molecular flexibility index (Phi) is 3.82. The van der Waals surface area contributed by atoms with E-state index < -0.39 is 0 Å². The minimum Gasteiger partial charge on any atom is -0.339 e. The van der Waals surface area contributed by atoms with Gasteiger partial charge in [-0.05, 0) is 31.0 Å². The van der Waals surface area contributed by atoms with E-state index in [-0.39, 0.29) is 0 Å². The molecule has 0 saturated carbocycles. The standard InChI is InChI=1S/C12H16N4O/c1-2-9-5-4-8-14-11(9)12-15-10(17-16-12)6-3-7-13/h4-5,8H,2-3,6-7,13H2,1H3. The molecule has 5 heteroatoms. The van der Waals surface area contributed by atoms with E-state index in [0.29, 0.717) is 18.3 Å². The van der Waals surface area contributed by atoms with Crippen LogP contribution in [0.25, 0.3) is 11.5 Å². The van der Waals surface area contributed by atoms with Crippen LogP contribution in [0.5, 0.6) is 0 Å². The van der Waals surface area contributed by atoms with Crippen molar-refractivity contribution in [3.8, 4) is 11.5 Å². The van der Waals surface area contributed by atoms with E-state index in [1.807, 2.05) is 12.1 Å². The first-order valence-corrected chi connectivity index (χ1v) is 5.82. The molecular weight excluding hydrogens is 216 g/mol. The predicted octanol–water partition coefficient (Wildman–Crippen LogP) is 1.59. The Bertz CT molecular complexity index is 481. The molecule has 0 radical (unpaired) electrons. The van der Waals surface area contributed by atoms with Crippen molar-refractivity contribution in [2.45, 2.75) is 26.2 Å². The number of pyridine rings is 1. The fraction of sp³-hybridized carbons (Fsp3) is 0.417. The molecule has 0 unspecified atom stereocenters. The Morgan fingerprint density at radius 2 is 2.29 bits per heavy atom. The number of rotatable bonds is 5. The van der Waals surface area contributed by atoms with Crippen molar-refractivity contribution in [3.05, 3.63) is 29.8 Å². The maximum Gasteiger partial charge on any atom is 0.227 e. The molecule has 0 bridgehead atoms. The summed E-state index contributed by atoms with van der Waals surface area (Å²) in [6, 6.07) is 3.94. The number of nitrogens with two attached hydrogens (primary N) is 1. The average molecular weight is 232 g/mol. The zero-order valence-electron chi connectivity index (χ0n) is 9.89. The van der Waals surface area contributed by atoms with Gasteiger partial charge >= 0.3 is 0 Å². The van der Waals surface area contributed by atoms with Crippen molar-refractivity contribution in [1.29, 1.82) is 0 Å². The van der Waals surface area contributed by atoms with E-state index in [9.17, 15) is 0 Å². The van der Waals surface area contributed by atoms with Gasteiger partial charge in [0.1, 0.15) is 5.69 Å². The van der Waals surface area contributed by atoms with Crippen molar-refractivity contribution >= 4 is 0 Å². The van der Waals surface area contributed by atoms with Crippen molar-refractivity contribution < 1.29 is 4.52 Å². The quantitative estimate of drug-likeness (QED) is 0.846. The average Bonchev–Trinajstić information content (AvgIpc) is 2.85. The van der Waals surface area contributed by atoms with Gasteiger partial charge in [0.25, 0.3) is 0 Å². The van der Waals surface area contributed by atoms with Crippen LogP contribution in [0.1, 0.15) is 24.8 Å². The molecular formula is C12H16N4O. The molecule has 2 rings (SSSR count). The highest BCUT2D eigenvalue weighted by Crippen LogP contribution is 2.18. The molecule has 0 aliphatic rings. The van der Waals surface area contributed by atoms with E-state index in [2.05, 4.69) is 22.0 Å². The molecule has 0 amide bonds. The molecule has 5 nitrogen and oxygen atoms in total. The third-order valence-electron chi connectivity index (χ3n) is 2.55. The second-order valence-corrected chi connectivity index (χ2v) is 3.77. The number of aromatic nitrogens is 3. The largest absolute Gasteiger partial charge is 0.339 e. The van der Waals surface area contributed by atoms with Crippen LogP contribution in [0.2, 0.25) is 0 Å². The molecule has 2 aromatic heterocycles. The van der Waals surface area contributed by atoms with Crippen LogP contribution < -0.4 is 5.73 Å². The van der Waals surface area contributed by atoms with E-state index in [0.717, 1.165) is 30.5 Å². The molecule has 0 atom stereocenters. The summed E-state index contributed by atoms with van der Waals surface area (Å²) >= 11 is 0. The lowest BCUT2D eigenvalue weighted by atomic mass is 10.1. The van der Waals surface area contributed by atoms with Gasteiger partial charge in [0.2, 0.25) is 11.7 Å². The maximum atomic E-state index is 5.44. The Morgan fingerprint density at radius 3 is 3.06 bits per heavy atom. The minimum atomic E-state index is 0.564. The lowest BCUT2D eigenvalue weighted by molar-refractivity contribution is 0.376. The van der Waals surface area contributed by atoms with Crippen LogP contribution in [0.15, 0.2) is 22.9 Å². The maximum absolute atomic E-state index is 5.44. The van der Waals surface area contributed by atoms with E-state index in [1.165, 1.54) is 0 Å². The van der Waals surface area contributed by atoms with Gasteiger partial charge in [-0.3, -0.25) is 4.98 Å². The Morgan fingerprint density at radius 1 is 1.41 bits per heavy atom. The lowest BCUT2D eigenvalue weighted by Crippen LogP contribution is -2.00. The van der Waals surface area contributed by atoms with Crippen LogP contribution in [0, 0.1) is 0 Å². The molecule has 2 N–H and O–H groups in total. The molecule has 0 aromatic carbocycles. The summed E-state index contributed by atoms with van der Waals surface area (Å²) in [6.45, 7) is 2.71. The summed E-state index contributed by atoms with van der Waals surface area (Å²) in [5.41, 5.74) is 7.36. The Hall–Kier alpha value is -1.75. The third kappa shape index (κ3) is 2.68. The van der Waals surface area contributed by atoms with Crippen LogP contribution >= 0.6 is 0 Å². The zero-order chi connectivity index (χ0) is 12.1. The van der Waals surface area contributed by atoms with Crippen LogP contribution in [0.4, 0.5) is 0 Å². The normalized spacial score (nSPS) is 10.7. The zero-order valence-corrected chi connectivity index (χ0v) is 9.89. The van der Waals surface area contributed by atoms with Gasteiger partial charge in [0, 0.05) is 12.6 Å². The smallest absolute Gasteiger partial charge is 0.227 e. The van der Waals surface area contributed by atoms with Crippen LogP contribution in [-0.4, -0.2) is 21.7 Å². The molecule has 2 aromatic rings. The summed E-state index contributed by atoms with van der Waals surface area (Å²) < 4.78 is 5.16. The number of hydrogen-bond donors (Lipinski definition) is 1. The predicted molar refractivity (Wildman–Crippen MR) is 64.3 cm³/mol. The van der Waals surface area contributed by atoms with Gasteiger partial charge in [-0.1, -0.05) is 18.1 Å². The van der Waals surface area contributed by atoms with E-state index in [1.54, 1.807) is 6.20 Å². The van der Waals surface area contributed by atoms with Crippen molar-refractivity contribution in [2.24, 2.45) is 5.73 Å². The Labute approximate surface area is 100 Å². The monoisotopic (exact) mass is 232 g/mol. The summed E-state index contributed by atoms with van der Waals surface area (Å²) in [4.78, 5) is 8.63.